The minimum absolute atomic E-state index is 0.0609. The number of likely N-dealkylation sites (tertiary alicyclic amines) is 1. The van der Waals surface area contributed by atoms with Crippen molar-refractivity contribution in [3.05, 3.63) is 38.4 Å². The van der Waals surface area contributed by atoms with E-state index in [9.17, 15) is 25.0 Å². The number of nitrogens with zero attached hydrogens (tertiary/aromatic N) is 4. The van der Waals surface area contributed by atoms with E-state index in [1.807, 2.05) is 13.8 Å². The first-order valence-corrected chi connectivity index (χ1v) is 8.43. The van der Waals surface area contributed by atoms with Crippen LogP contribution < -0.4 is 5.43 Å². The van der Waals surface area contributed by atoms with Crippen LogP contribution in [0.4, 0.5) is 21.9 Å². The first-order valence-electron chi connectivity index (χ1n) is 8.43. The second kappa shape index (κ2) is 8.43. The van der Waals surface area contributed by atoms with Gasteiger partial charge in [0.05, 0.1) is 22.5 Å². The Balaban J connectivity index is 2.17. The van der Waals surface area contributed by atoms with Gasteiger partial charge >= 0.3 is 11.8 Å². The number of hydrogen-bond donors (Lipinski definition) is 1. The van der Waals surface area contributed by atoms with E-state index in [0.29, 0.717) is 19.6 Å². The van der Waals surface area contributed by atoms with Crippen LogP contribution >= 0.6 is 0 Å². The molecule has 2 rings (SSSR count). The highest BCUT2D eigenvalue weighted by Gasteiger charge is 2.32. The van der Waals surface area contributed by atoms with E-state index < -0.39 is 15.5 Å². The SMILES string of the molecule is CCOC(=O)N1C[C@@H](C)/C(=N/Nc2ccc([N+](=O)[O-])cc2[N+](=O)[O-])C[C@@H]1C. The average Bonchev–Trinajstić information content (AvgIpc) is 2.61. The molecule has 0 saturated carbocycles. The van der Waals surface area contributed by atoms with Gasteiger partial charge in [-0.1, -0.05) is 6.92 Å². The van der Waals surface area contributed by atoms with Crippen molar-refractivity contribution in [3.8, 4) is 0 Å². The highest BCUT2D eigenvalue weighted by Crippen LogP contribution is 2.29. The van der Waals surface area contributed by atoms with Crippen LogP contribution in [-0.4, -0.2) is 45.7 Å². The molecule has 2 atom stereocenters. The molecule has 11 nitrogen and oxygen atoms in total. The quantitative estimate of drug-likeness (QED) is 0.612. The molecule has 0 spiro atoms. The zero-order valence-electron chi connectivity index (χ0n) is 15.2. The summed E-state index contributed by atoms with van der Waals surface area (Å²) in [5, 5.41) is 26.2. The standard InChI is InChI=1S/C16H21N5O6/c1-4-27-16(22)19-9-10(2)14(7-11(19)3)18-17-13-6-5-12(20(23)24)8-15(13)21(25)26/h5-6,8,10-11,17H,4,7,9H2,1-3H3/b18-14+/t10-,11+/m1/s1. The number of piperidine rings is 1. The molecule has 1 aromatic carbocycles. The third-order valence-electron chi connectivity index (χ3n) is 4.29. The molecular weight excluding hydrogens is 358 g/mol. The molecule has 1 aliphatic rings. The largest absolute Gasteiger partial charge is 0.450 e. The number of nitrogens with one attached hydrogen (secondary N) is 1. The molecule has 1 aromatic rings. The Bertz CT molecular complexity index is 781. The van der Waals surface area contributed by atoms with Crippen molar-refractivity contribution < 1.29 is 19.4 Å². The number of anilines is 1. The number of carbonyl (C=O) groups excluding carboxylic acids is 1. The second-order valence-corrected chi connectivity index (χ2v) is 6.24. The first kappa shape index (κ1) is 20.1. The van der Waals surface area contributed by atoms with Crippen LogP contribution in [0.1, 0.15) is 27.2 Å². The highest BCUT2D eigenvalue weighted by atomic mass is 16.6. The van der Waals surface area contributed by atoms with Gasteiger partial charge < -0.3 is 9.64 Å². The summed E-state index contributed by atoms with van der Waals surface area (Å²) >= 11 is 0. The first-order chi connectivity index (χ1) is 12.7. The minimum atomic E-state index is -0.703. The lowest BCUT2D eigenvalue weighted by Gasteiger charge is -2.36. The Morgan fingerprint density at radius 3 is 2.63 bits per heavy atom. The minimum Gasteiger partial charge on any atom is -0.450 e. The summed E-state index contributed by atoms with van der Waals surface area (Å²) in [4.78, 5) is 34.2. The Kier molecular flexibility index (Phi) is 6.27. The van der Waals surface area contributed by atoms with Crippen LogP contribution in [0.15, 0.2) is 23.3 Å². The fourth-order valence-electron chi connectivity index (χ4n) is 2.82. The molecular formula is C16H21N5O6. The van der Waals surface area contributed by atoms with Crippen molar-refractivity contribution in [1.82, 2.24) is 4.90 Å². The van der Waals surface area contributed by atoms with E-state index in [0.717, 1.165) is 11.8 Å². The number of hydrogen-bond acceptors (Lipinski definition) is 8. The predicted octanol–water partition coefficient (Wildman–Crippen LogP) is 3.16. The van der Waals surface area contributed by atoms with Gasteiger partial charge in [-0.2, -0.15) is 5.10 Å². The number of non-ortho nitro benzene ring substituents is 1. The number of rotatable bonds is 5. The molecule has 1 aliphatic heterocycles. The van der Waals surface area contributed by atoms with E-state index >= 15 is 0 Å². The highest BCUT2D eigenvalue weighted by molar-refractivity contribution is 5.90. The smallest absolute Gasteiger partial charge is 0.410 e. The zero-order chi connectivity index (χ0) is 20.1. The Labute approximate surface area is 155 Å². The lowest BCUT2D eigenvalue weighted by Crippen LogP contribution is -2.49. The molecule has 146 valence electrons. The van der Waals surface area contributed by atoms with Gasteiger partial charge in [-0.05, 0) is 19.9 Å². The zero-order valence-corrected chi connectivity index (χ0v) is 15.2. The molecule has 0 aromatic heterocycles. The maximum absolute atomic E-state index is 12.0. The summed E-state index contributed by atoms with van der Waals surface area (Å²) in [6, 6.07) is 3.18. The number of hydrazone groups is 1. The fraction of sp³-hybridized carbons (Fsp3) is 0.500. The maximum atomic E-state index is 12.0. The number of benzene rings is 1. The van der Waals surface area contributed by atoms with Crippen LogP contribution in [0.5, 0.6) is 0 Å². The van der Waals surface area contributed by atoms with Crippen LogP contribution in [0, 0.1) is 26.1 Å². The van der Waals surface area contributed by atoms with Crippen LogP contribution in [-0.2, 0) is 4.74 Å². The van der Waals surface area contributed by atoms with E-state index in [1.165, 1.54) is 12.1 Å². The van der Waals surface area contributed by atoms with E-state index in [-0.39, 0.29) is 29.4 Å². The molecule has 11 heteroatoms. The maximum Gasteiger partial charge on any atom is 0.410 e. The molecule has 27 heavy (non-hydrogen) atoms. The molecule has 0 aliphatic carbocycles. The van der Waals surface area contributed by atoms with Crippen molar-refractivity contribution in [2.75, 3.05) is 18.6 Å². The van der Waals surface area contributed by atoms with Crippen molar-refractivity contribution in [2.24, 2.45) is 11.0 Å². The lowest BCUT2D eigenvalue weighted by molar-refractivity contribution is -0.393. The molecule has 1 N–H and O–H groups in total. The third kappa shape index (κ3) is 4.68. The van der Waals surface area contributed by atoms with Crippen LogP contribution in [0.3, 0.4) is 0 Å². The van der Waals surface area contributed by atoms with Crippen molar-refractivity contribution in [1.29, 1.82) is 0 Å². The number of amides is 1. The molecule has 1 amide bonds. The Morgan fingerprint density at radius 2 is 2.04 bits per heavy atom. The predicted molar refractivity (Wildman–Crippen MR) is 97.8 cm³/mol. The van der Waals surface area contributed by atoms with Gasteiger partial charge in [0.25, 0.3) is 5.69 Å². The van der Waals surface area contributed by atoms with Crippen LogP contribution in [0.2, 0.25) is 0 Å². The van der Waals surface area contributed by atoms with Gasteiger partial charge in [-0.3, -0.25) is 25.7 Å². The van der Waals surface area contributed by atoms with Gasteiger partial charge in [0.2, 0.25) is 0 Å². The topological polar surface area (TPSA) is 140 Å². The fourth-order valence-corrected chi connectivity index (χ4v) is 2.82. The molecule has 1 heterocycles. The van der Waals surface area contributed by atoms with E-state index in [2.05, 4.69) is 10.5 Å². The summed E-state index contributed by atoms with van der Waals surface area (Å²) in [7, 11) is 0. The van der Waals surface area contributed by atoms with Gasteiger partial charge in [0.1, 0.15) is 5.69 Å². The molecule has 0 unspecified atom stereocenters. The van der Waals surface area contributed by atoms with Gasteiger partial charge in [-0.25, -0.2) is 4.79 Å². The summed E-state index contributed by atoms with van der Waals surface area (Å²) < 4.78 is 5.04. The van der Waals surface area contributed by atoms with Gasteiger partial charge in [0, 0.05) is 36.7 Å². The van der Waals surface area contributed by atoms with Crippen molar-refractivity contribution in [2.45, 2.75) is 33.2 Å². The molecule has 1 fully saturated rings. The third-order valence-corrected chi connectivity index (χ3v) is 4.29. The Morgan fingerprint density at radius 1 is 1.33 bits per heavy atom. The van der Waals surface area contributed by atoms with Crippen molar-refractivity contribution in [3.63, 3.8) is 0 Å². The van der Waals surface area contributed by atoms with Gasteiger partial charge in [0.15, 0.2) is 0 Å². The Hall–Kier alpha value is -3.24. The normalized spacial score (nSPS) is 21.0. The number of nitro groups is 2. The van der Waals surface area contributed by atoms with E-state index in [1.54, 1.807) is 11.8 Å². The van der Waals surface area contributed by atoms with Gasteiger partial charge in [-0.15, -0.1) is 0 Å². The number of ether oxygens (including phenoxy) is 1. The lowest BCUT2D eigenvalue weighted by atomic mass is 9.93. The summed E-state index contributed by atoms with van der Waals surface area (Å²) in [5.74, 6) is -0.0739. The van der Waals surface area contributed by atoms with Crippen molar-refractivity contribution >= 4 is 28.9 Å². The number of nitro benzene ring substituents is 2. The average molecular weight is 379 g/mol. The summed E-state index contributed by atoms with van der Waals surface area (Å²) in [5.41, 5.74) is 2.64. The molecule has 1 saturated heterocycles. The van der Waals surface area contributed by atoms with Crippen LogP contribution in [0.25, 0.3) is 0 Å². The summed E-state index contributed by atoms with van der Waals surface area (Å²) in [6.45, 7) is 6.21. The summed E-state index contributed by atoms with van der Waals surface area (Å²) in [6.07, 6.45) is 0.100. The molecule has 0 bridgehead atoms. The molecule has 0 radical (unpaired) electrons. The number of carbonyl (C=O) groups is 1. The second-order valence-electron chi connectivity index (χ2n) is 6.24. The monoisotopic (exact) mass is 379 g/mol. The van der Waals surface area contributed by atoms with E-state index in [4.69, 9.17) is 4.74 Å².